The molecule has 0 heterocycles. The third-order valence-electron chi connectivity index (χ3n) is 2.77. The van der Waals surface area contributed by atoms with Gasteiger partial charge in [0.15, 0.2) is 5.78 Å². The van der Waals surface area contributed by atoms with Gasteiger partial charge in [0, 0.05) is 15.6 Å². The van der Waals surface area contributed by atoms with Gasteiger partial charge in [0.1, 0.15) is 0 Å². The van der Waals surface area contributed by atoms with Crippen molar-refractivity contribution in [3.05, 3.63) is 68.7 Å². The summed E-state index contributed by atoms with van der Waals surface area (Å²) in [7, 11) is 0. The summed E-state index contributed by atoms with van der Waals surface area (Å²) in [4.78, 5) is 12.3. The van der Waals surface area contributed by atoms with Crippen molar-refractivity contribution in [2.24, 2.45) is 0 Å². The van der Waals surface area contributed by atoms with E-state index in [9.17, 15) is 4.79 Å². The van der Waals surface area contributed by atoms with Crippen LogP contribution in [0.5, 0.6) is 0 Å². The topological polar surface area (TPSA) is 17.1 Å². The van der Waals surface area contributed by atoms with E-state index < -0.39 is 0 Å². The summed E-state index contributed by atoms with van der Waals surface area (Å²) in [6.07, 6.45) is 0.912. The Balaban J connectivity index is 2.41. The first-order chi connectivity index (χ1) is 8.61. The van der Waals surface area contributed by atoms with Crippen LogP contribution in [0, 0.1) is 0 Å². The minimum Gasteiger partial charge on any atom is -0.289 e. The second-order valence-electron chi connectivity index (χ2n) is 4.01. The number of aryl methyl sites for hydroxylation is 1. The molecule has 0 aromatic heterocycles. The highest BCUT2D eigenvalue weighted by Crippen LogP contribution is 2.24. The van der Waals surface area contributed by atoms with Gasteiger partial charge in [0.2, 0.25) is 0 Å². The molecule has 0 aliphatic carbocycles. The van der Waals surface area contributed by atoms with Crippen LogP contribution >= 0.6 is 27.5 Å². The molecule has 0 radical (unpaired) electrons. The predicted octanol–water partition coefficient (Wildman–Crippen LogP) is 4.90. The van der Waals surface area contributed by atoms with Gasteiger partial charge in [0.05, 0.1) is 5.02 Å². The average Bonchev–Trinajstić information content (AvgIpc) is 2.38. The van der Waals surface area contributed by atoms with Crippen LogP contribution in [0.1, 0.15) is 28.4 Å². The lowest BCUT2D eigenvalue weighted by Crippen LogP contribution is -2.02. The number of hydrogen-bond acceptors (Lipinski definition) is 1. The molecule has 0 unspecified atom stereocenters. The van der Waals surface area contributed by atoms with Crippen LogP contribution in [0.2, 0.25) is 5.02 Å². The smallest absolute Gasteiger partial charge is 0.194 e. The van der Waals surface area contributed by atoms with Crippen molar-refractivity contribution in [3.8, 4) is 0 Å². The molecule has 3 heteroatoms. The zero-order valence-corrected chi connectivity index (χ0v) is 12.3. The summed E-state index contributed by atoms with van der Waals surface area (Å²) in [5.41, 5.74) is 2.36. The Morgan fingerprint density at radius 3 is 2.67 bits per heavy atom. The van der Waals surface area contributed by atoms with Crippen LogP contribution in [0.4, 0.5) is 0 Å². The van der Waals surface area contributed by atoms with Gasteiger partial charge in [-0.3, -0.25) is 4.79 Å². The molecule has 0 atom stereocenters. The Kier molecular flexibility index (Phi) is 4.20. The number of carbonyl (C=O) groups is 1. The van der Waals surface area contributed by atoms with Gasteiger partial charge in [-0.1, -0.05) is 52.7 Å². The van der Waals surface area contributed by atoms with E-state index in [0.29, 0.717) is 16.1 Å². The lowest BCUT2D eigenvalue weighted by molar-refractivity contribution is 0.103. The van der Waals surface area contributed by atoms with Crippen LogP contribution in [-0.4, -0.2) is 5.78 Å². The van der Waals surface area contributed by atoms with E-state index in [1.807, 2.05) is 30.3 Å². The number of hydrogen-bond donors (Lipinski definition) is 0. The fourth-order valence-electron chi connectivity index (χ4n) is 1.76. The SMILES string of the molecule is CCc1cccc(C(=O)c2ccc(Br)cc2Cl)c1. The van der Waals surface area contributed by atoms with Gasteiger partial charge in [-0.2, -0.15) is 0 Å². The monoisotopic (exact) mass is 322 g/mol. The van der Waals surface area contributed by atoms with Crippen molar-refractivity contribution in [2.75, 3.05) is 0 Å². The highest BCUT2D eigenvalue weighted by molar-refractivity contribution is 9.10. The van der Waals surface area contributed by atoms with E-state index in [2.05, 4.69) is 22.9 Å². The maximum Gasteiger partial charge on any atom is 0.194 e. The third-order valence-corrected chi connectivity index (χ3v) is 3.58. The highest BCUT2D eigenvalue weighted by atomic mass is 79.9. The summed E-state index contributed by atoms with van der Waals surface area (Å²) in [5.74, 6) is -0.0391. The van der Waals surface area contributed by atoms with E-state index in [1.165, 1.54) is 0 Å². The van der Waals surface area contributed by atoms with Crippen molar-refractivity contribution in [3.63, 3.8) is 0 Å². The first kappa shape index (κ1) is 13.3. The number of rotatable bonds is 3. The van der Waals surface area contributed by atoms with Crippen LogP contribution in [-0.2, 0) is 6.42 Å². The third kappa shape index (κ3) is 2.82. The molecule has 0 aliphatic heterocycles. The maximum atomic E-state index is 12.3. The molecule has 0 fully saturated rings. The predicted molar refractivity (Wildman–Crippen MR) is 78.4 cm³/mol. The molecule has 18 heavy (non-hydrogen) atoms. The summed E-state index contributed by atoms with van der Waals surface area (Å²) in [6, 6.07) is 13.0. The molecule has 2 aromatic rings. The average molecular weight is 324 g/mol. The molecule has 0 saturated carbocycles. The van der Waals surface area contributed by atoms with E-state index in [0.717, 1.165) is 16.5 Å². The standard InChI is InChI=1S/C15H12BrClO/c1-2-10-4-3-5-11(8-10)15(18)13-7-6-12(16)9-14(13)17/h3-9H,2H2,1H3. The van der Waals surface area contributed by atoms with Gasteiger partial charge in [-0.15, -0.1) is 0 Å². The molecule has 0 saturated heterocycles. The molecule has 0 N–H and O–H groups in total. The zero-order valence-electron chi connectivity index (χ0n) is 9.91. The van der Waals surface area contributed by atoms with Crippen molar-refractivity contribution in [1.29, 1.82) is 0 Å². The fraction of sp³-hybridized carbons (Fsp3) is 0.133. The highest BCUT2D eigenvalue weighted by Gasteiger charge is 2.13. The van der Waals surface area contributed by atoms with Crippen molar-refractivity contribution >= 4 is 33.3 Å². The molecule has 0 spiro atoms. The largest absolute Gasteiger partial charge is 0.289 e. The van der Waals surface area contributed by atoms with Gasteiger partial charge in [-0.25, -0.2) is 0 Å². The van der Waals surface area contributed by atoms with Crippen molar-refractivity contribution in [1.82, 2.24) is 0 Å². The maximum absolute atomic E-state index is 12.3. The minimum atomic E-state index is -0.0391. The van der Waals surface area contributed by atoms with Crippen molar-refractivity contribution in [2.45, 2.75) is 13.3 Å². The van der Waals surface area contributed by atoms with E-state index in [4.69, 9.17) is 11.6 Å². The van der Waals surface area contributed by atoms with Crippen LogP contribution in [0.25, 0.3) is 0 Å². The molecule has 2 rings (SSSR count). The minimum absolute atomic E-state index is 0.0391. The van der Waals surface area contributed by atoms with Gasteiger partial charge in [-0.05, 0) is 36.2 Å². The summed E-state index contributed by atoms with van der Waals surface area (Å²) in [6.45, 7) is 2.07. The van der Waals surface area contributed by atoms with Gasteiger partial charge >= 0.3 is 0 Å². The summed E-state index contributed by atoms with van der Waals surface area (Å²) in [5, 5.41) is 0.469. The van der Waals surface area contributed by atoms with Gasteiger partial charge in [0.25, 0.3) is 0 Å². The number of carbonyl (C=O) groups excluding carboxylic acids is 1. The van der Waals surface area contributed by atoms with E-state index in [-0.39, 0.29) is 5.78 Å². The first-order valence-electron chi connectivity index (χ1n) is 5.70. The summed E-state index contributed by atoms with van der Waals surface area (Å²) >= 11 is 9.43. The molecular weight excluding hydrogens is 312 g/mol. The molecule has 0 aliphatic rings. The lowest BCUT2D eigenvalue weighted by atomic mass is 10.0. The second kappa shape index (κ2) is 5.68. The normalized spacial score (nSPS) is 10.4. The fourth-order valence-corrected chi connectivity index (χ4v) is 2.52. The summed E-state index contributed by atoms with van der Waals surface area (Å²) < 4.78 is 0.867. The van der Waals surface area contributed by atoms with Crippen LogP contribution in [0.3, 0.4) is 0 Å². The second-order valence-corrected chi connectivity index (χ2v) is 5.33. The Morgan fingerprint density at radius 2 is 2.00 bits per heavy atom. The number of halogens is 2. The molecule has 1 nitrogen and oxygen atoms in total. The molecule has 2 aromatic carbocycles. The number of ketones is 1. The first-order valence-corrected chi connectivity index (χ1v) is 6.87. The molecular formula is C15H12BrClO. The Hall–Kier alpha value is -1.12. The van der Waals surface area contributed by atoms with Gasteiger partial charge < -0.3 is 0 Å². The Labute approximate surface area is 120 Å². The van der Waals surface area contributed by atoms with E-state index in [1.54, 1.807) is 12.1 Å². The van der Waals surface area contributed by atoms with E-state index >= 15 is 0 Å². The van der Waals surface area contributed by atoms with Crippen LogP contribution < -0.4 is 0 Å². The molecule has 0 amide bonds. The van der Waals surface area contributed by atoms with Crippen molar-refractivity contribution < 1.29 is 4.79 Å². The Bertz CT molecular complexity index is 593. The zero-order chi connectivity index (χ0) is 13.1. The van der Waals surface area contributed by atoms with Crippen LogP contribution in [0.15, 0.2) is 46.9 Å². The Morgan fingerprint density at radius 1 is 1.22 bits per heavy atom. The molecule has 92 valence electrons. The number of benzene rings is 2. The lowest BCUT2D eigenvalue weighted by Gasteiger charge is -2.05. The molecule has 0 bridgehead atoms. The quantitative estimate of drug-likeness (QED) is 0.735.